The molecular formula is C17H20Cl2N4. The fraction of sp³-hybridized carbons (Fsp3) is 0.412. The van der Waals surface area contributed by atoms with Gasteiger partial charge in [0.05, 0.1) is 10.7 Å². The minimum absolute atomic E-state index is 0.501. The fourth-order valence-corrected chi connectivity index (χ4v) is 3.21. The zero-order valence-corrected chi connectivity index (χ0v) is 14.6. The molecule has 2 N–H and O–H groups in total. The molecule has 0 bridgehead atoms. The Bertz CT molecular complexity index is 684. The summed E-state index contributed by atoms with van der Waals surface area (Å²) in [5, 5.41) is 7.88. The normalized spacial score (nSPS) is 15.4. The number of aromatic nitrogens is 2. The molecule has 3 rings (SSSR count). The van der Waals surface area contributed by atoms with Gasteiger partial charge in [0, 0.05) is 22.8 Å². The quantitative estimate of drug-likeness (QED) is 0.755. The second-order valence-electron chi connectivity index (χ2n) is 5.95. The highest BCUT2D eigenvalue weighted by Gasteiger charge is 2.14. The number of nitrogens with one attached hydrogen (secondary N) is 2. The molecule has 0 spiro atoms. The molecule has 1 aromatic heterocycles. The van der Waals surface area contributed by atoms with Gasteiger partial charge in [-0.05, 0) is 38.0 Å². The molecule has 1 aromatic carbocycles. The smallest absolute Gasteiger partial charge is 0.229 e. The molecule has 0 atom stereocenters. The highest BCUT2D eigenvalue weighted by Crippen LogP contribution is 2.28. The predicted molar refractivity (Wildman–Crippen MR) is 97.0 cm³/mol. The largest absolute Gasteiger partial charge is 0.367 e. The highest BCUT2D eigenvalue weighted by molar-refractivity contribution is 6.35. The van der Waals surface area contributed by atoms with Crippen molar-refractivity contribution in [2.24, 2.45) is 0 Å². The average molecular weight is 351 g/mol. The number of hydrogen-bond donors (Lipinski definition) is 2. The Morgan fingerprint density at radius 3 is 2.61 bits per heavy atom. The molecule has 0 radical (unpaired) electrons. The van der Waals surface area contributed by atoms with E-state index in [0.717, 1.165) is 11.5 Å². The lowest BCUT2D eigenvalue weighted by molar-refractivity contribution is 0.462. The molecule has 0 amide bonds. The first-order valence-electron chi connectivity index (χ1n) is 7.94. The average Bonchev–Trinajstić information content (AvgIpc) is 2.51. The van der Waals surface area contributed by atoms with E-state index >= 15 is 0 Å². The van der Waals surface area contributed by atoms with Gasteiger partial charge in [-0.15, -0.1) is 0 Å². The van der Waals surface area contributed by atoms with Crippen molar-refractivity contribution in [2.75, 3.05) is 10.6 Å². The summed E-state index contributed by atoms with van der Waals surface area (Å²) in [4.78, 5) is 8.99. The van der Waals surface area contributed by atoms with E-state index in [4.69, 9.17) is 23.2 Å². The lowest BCUT2D eigenvalue weighted by atomic mass is 9.95. The number of nitrogens with zero attached hydrogens (tertiary/aromatic N) is 2. The maximum atomic E-state index is 6.19. The number of rotatable bonds is 4. The van der Waals surface area contributed by atoms with Crippen molar-refractivity contribution in [1.29, 1.82) is 0 Å². The molecule has 23 heavy (non-hydrogen) atoms. The molecular weight excluding hydrogens is 331 g/mol. The van der Waals surface area contributed by atoms with Crippen LogP contribution in [0.2, 0.25) is 10.0 Å². The Hall–Kier alpha value is -1.52. The molecule has 1 heterocycles. The molecule has 0 saturated heterocycles. The van der Waals surface area contributed by atoms with E-state index in [1.54, 1.807) is 18.2 Å². The van der Waals surface area contributed by atoms with Crippen LogP contribution in [0.15, 0.2) is 24.3 Å². The van der Waals surface area contributed by atoms with Gasteiger partial charge in [0.25, 0.3) is 0 Å². The van der Waals surface area contributed by atoms with Crippen molar-refractivity contribution >= 4 is 40.7 Å². The summed E-state index contributed by atoms with van der Waals surface area (Å²) in [6.45, 7) is 1.96. The van der Waals surface area contributed by atoms with Crippen LogP contribution in [0.3, 0.4) is 0 Å². The second-order valence-corrected chi connectivity index (χ2v) is 6.79. The van der Waals surface area contributed by atoms with Gasteiger partial charge in [0.15, 0.2) is 0 Å². The standard InChI is InChI=1S/C17H20Cl2N4/c1-11-9-16(21-13-5-3-2-4-6-13)23-17(20-11)22-15-10-12(18)7-8-14(15)19/h7-10,13H,2-6H2,1H3,(H2,20,21,22,23). The summed E-state index contributed by atoms with van der Waals surface area (Å²) < 4.78 is 0. The number of benzene rings is 1. The Morgan fingerprint density at radius 1 is 1.04 bits per heavy atom. The molecule has 1 saturated carbocycles. The van der Waals surface area contributed by atoms with Crippen LogP contribution in [0, 0.1) is 6.92 Å². The third kappa shape index (κ3) is 4.49. The van der Waals surface area contributed by atoms with Crippen LogP contribution >= 0.6 is 23.2 Å². The number of hydrogen-bond acceptors (Lipinski definition) is 4. The predicted octanol–water partition coefficient (Wildman–Crippen LogP) is 5.58. The molecule has 0 aliphatic heterocycles. The molecule has 122 valence electrons. The van der Waals surface area contributed by atoms with E-state index in [0.29, 0.717) is 27.7 Å². The summed E-state index contributed by atoms with van der Waals surface area (Å²) in [5.74, 6) is 1.37. The first-order chi connectivity index (χ1) is 11.1. The van der Waals surface area contributed by atoms with Crippen LogP contribution in [0.1, 0.15) is 37.8 Å². The van der Waals surface area contributed by atoms with Gasteiger partial charge in [-0.25, -0.2) is 4.98 Å². The Morgan fingerprint density at radius 2 is 1.83 bits per heavy atom. The van der Waals surface area contributed by atoms with Crippen LogP contribution in [0.25, 0.3) is 0 Å². The van der Waals surface area contributed by atoms with Gasteiger partial charge >= 0.3 is 0 Å². The Labute approximate surface area is 146 Å². The van der Waals surface area contributed by atoms with Crippen molar-refractivity contribution in [3.05, 3.63) is 40.0 Å². The van der Waals surface area contributed by atoms with E-state index in [1.807, 2.05) is 13.0 Å². The van der Waals surface area contributed by atoms with Gasteiger partial charge in [0.1, 0.15) is 5.82 Å². The van der Waals surface area contributed by atoms with Crippen LogP contribution in [0.4, 0.5) is 17.5 Å². The van der Waals surface area contributed by atoms with Crippen LogP contribution in [-0.2, 0) is 0 Å². The van der Waals surface area contributed by atoms with Gasteiger partial charge < -0.3 is 10.6 Å². The van der Waals surface area contributed by atoms with Crippen molar-refractivity contribution in [3.63, 3.8) is 0 Å². The molecule has 1 aliphatic rings. The monoisotopic (exact) mass is 350 g/mol. The van der Waals surface area contributed by atoms with Crippen LogP contribution < -0.4 is 10.6 Å². The zero-order valence-electron chi connectivity index (χ0n) is 13.1. The lowest BCUT2D eigenvalue weighted by Crippen LogP contribution is -2.23. The minimum atomic E-state index is 0.501. The SMILES string of the molecule is Cc1cc(NC2CCCCC2)nc(Nc2cc(Cl)ccc2Cl)n1. The molecule has 2 aromatic rings. The van der Waals surface area contributed by atoms with Crippen molar-refractivity contribution < 1.29 is 0 Å². The van der Waals surface area contributed by atoms with E-state index in [2.05, 4.69) is 20.6 Å². The molecule has 1 aliphatic carbocycles. The first-order valence-corrected chi connectivity index (χ1v) is 8.70. The number of aryl methyl sites for hydroxylation is 1. The number of halogens is 2. The lowest BCUT2D eigenvalue weighted by Gasteiger charge is -2.23. The summed E-state index contributed by atoms with van der Waals surface area (Å²) in [7, 11) is 0. The zero-order chi connectivity index (χ0) is 16.2. The summed E-state index contributed by atoms with van der Waals surface area (Å²) in [6, 6.07) is 7.75. The third-order valence-electron chi connectivity index (χ3n) is 3.99. The first kappa shape index (κ1) is 16.3. The van der Waals surface area contributed by atoms with E-state index in [1.165, 1.54) is 32.1 Å². The number of anilines is 3. The maximum absolute atomic E-state index is 6.19. The van der Waals surface area contributed by atoms with Crippen molar-refractivity contribution in [3.8, 4) is 0 Å². The van der Waals surface area contributed by atoms with Gasteiger partial charge in [-0.1, -0.05) is 42.5 Å². The second kappa shape index (κ2) is 7.37. The maximum Gasteiger partial charge on any atom is 0.229 e. The highest BCUT2D eigenvalue weighted by atomic mass is 35.5. The summed E-state index contributed by atoms with van der Waals surface area (Å²) >= 11 is 12.2. The van der Waals surface area contributed by atoms with E-state index in [-0.39, 0.29) is 0 Å². The summed E-state index contributed by atoms with van der Waals surface area (Å²) in [6.07, 6.45) is 6.30. The van der Waals surface area contributed by atoms with Crippen LogP contribution in [-0.4, -0.2) is 16.0 Å². The third-order valence-corrected chi connectivity index (χ3v) is 4.55. The van der Waals surface area contributed by atoms with Gasteiger partial charge in [-0.2, -0.15) is 4.98 Å². The van der Waals surface area contributed by atoms with Gasteiger partial charge in [-0.3, -0.25) is 0 Å². The molecule has 6 heteroatoms. The minimum Gasteiger partial charge on any atom is -0.367 e. The van der Waals surface area contributed by atoms with Crippen molar-refractivity contribution in [1.82, 2.24) is 9.97 Å². The molecule has 1 fully saturated rings. The van der Waals surface area contributed by atoms with E-state index < -0.39 is 0 Å². The fourth-order valence-electron chi connectivity index (χ4n) is 2.87. The Balaban J connectivity index is 1.78. The van der Waals surface area contributed by atoms with E-state index in [9.17, 15) is 0 Å². The van der Waals surface area contributed by atoms with Crippen molar-refractivity contribution in [2.45, 2.75) is 45.1 Å². The van der Waals surface area contributed by atoms with Gasteiger partial charge in [0.2, 0.25) is 5.95 Å². The molecule has 4 nitrogen and oxygen atoms in total. The Kier molecular flexibility index (Phi) is 5.23. The topological polar surface area (TPSA) is 49.8 Å². The summed E-state index contributed by atoms with van der Waals surface area (Å²) in [5.41, 5.74) is 1.60. The molecule has 0 unspecified atom stereocenters. The van der Waals surface area contributed by atoms with Crippen LogP contribution in [0.5, 0.6) is 0 Å².